The van der Waals surface area contributed by atoms with Gasteiger partial charge in [0.05, 0.1) is 17.0 Å². The van der Waals surface area contributed by atoms with Crippen LogP contribution in [0.2, 0.25) is 0 Å². The lowest BCUT2D eigenvalue weighted by Gasteiger charge is -2.10. The van der Waals surface area contributed by atoms with Gasteiger partial charge in [0.1, 0.15) is 11.5 Å². The zero-order valence-electron chi connectivity index (χ0n) is 14.6. The van der Waals surface area contributed by atoms with Crippen molar-refractivity contribution in [3.05, 3.63) is 95.6 Å². The Morgan fingerprint density at radius 3 is 1.46 bits per heavy atom. The summed E-state index contributed by atoms with van der Waals surface area (Å²) in [5.74, 6) is -1.72. The van der Waals surface area contributed by atoms with Gasteiger partial charge in [-0.25, -0.2) is 9.59 Å². The first-order chi connectivity index (χ1) is 13.6. The predicted octanol–water partition coefficient (Wildman–Crippen LogP) is 4.55. The van der Waals surface area contributed by atoms with Gasteiger partial charge in [0, 0.05) is 11.6 Å². The van der Waals surface area contributed by atoms with Crippen molar-refractivity contribution in [2.75, 3.05) is 5.88 Å². The number of Topliss-reactive ketones (excluding diaryl/α,β-unsaturated/α-hetero) is 1. The minimum absolute atomic E-state index is 0.0701. The molecular weight excluding hydrogens is 380 g/mol. The molecule has 0 saturated carbocycles. The Morgan fingerprint density at radius 1 is 0.643 bits per heavy atom. The summed E-state index contributed by atoms with van der Waals surface area (Å²) in [5, 5.41) is 0. The van der Waals surface area contributed by atoms with E-state index < -0.39 is 17.7 Å². The molecule has 3 aromatic rings. The Morgan fingerprint density at radius 2 is 1.07 bits per heavy atom. The topological polar surface area (TPSA) is 69.7 Å². The molecule has 5 nitrogen and oxygen atoms in total. The van der Waals surface area contributed by atoms with Crippen LogP contribution in [0.5, 0.6) is 11.5 Å². The van der Waals surface area contributed by atoms with Crippen LogP contribution < -0.4 is 9.47 Å². The quantitative estimate of drug-likeness (QED) is 0.265. The second kappa shape index (κ2) is 8.97. The average molecular weight is 395 g/mol. The molecule has 0 atom stereocenters. The fourth-order valence-corrected chi connectivity index (χ4v) is 2.56. The monoisotopic (exact) mass is 394 g/mol. The number of rotatable bonds is 6. The van der Waals surface area contributed by atoms with Gasteiger partial charge < -0.3 is 9.47 Å². The number of carbonyl (C=O) groups is 3. The van der Waals surface area contributed by atoms with Crippen molar-refractivity contribution < 1.29 is 23.9 Å². The second-order valence-corrected chi connectivity index (χ2v) is 6.03. The van der Waals surface area contributed by atoms with Crippen LogP contribution in [0.25, 0.3) is 0 Å². The number of hydrogen-bond acceptors (Lipinski definition) is 5. The molecule has 0 heterocycles. The first-order valence-electron chi connectivity index (χ1n) is 8.35. The molecular formula is C22H15ClO5. The van der Waals surface area contributed by atoms with Crippen molar-refractivity contribution in [1.29, 1.82) is 0 Å². The highest BCUT2D eigenvalue weighted by Gasteiger charge is 2.15. The summed E-state index contributed by atoms with van der Waals surface area (Å²) in [4.78, 5) is 36.6. The van der Waals surface area contributed by atoms with Gasteiger partial charge in [-0.15, -0.1) is 11.6 Å². The maximum atomic E-state index is 12.3. The SMILES string of the molecule is O=C(CCl)c1cc(OC(=O)c2ccccc2)cc(OC(=O)c2ccccc2)c1. The minimum atomic E-state index is -0.601. The lowest BCUT2D eigenvalue weighted by atomic mass is 10.1. The molecule has 0 spiro atoms. The van der Waals surface area contributed by atoms with Crippen LogP contribution in [0.3, 0.4) is 0 Å². The van der Waals surface area contributed by atoms with Gasteiger partial charge in [0.25, 0.3) is 0 Å². The smallest absolute Gasteiger partial charge is 0.343 e. The maximum Gasteiger partial charge on any atom is 0.343 e. The number of esters is 2. The van der Waals surface area contributed by atoms with E-state index in [0.717, 1.165) is 0 Å². The molecule has 0 aromatic heterocycles. The Kier molecular flexibility index (Phi) is 6.19. The van der Waals surface area contributed by atoms with E-state index in [0.29, 0.717) is 11.1 Å². The maximum absolute atomic E-state index is 12.3. The highest BCUT2D eigenvalue weighted by atomic mass is 35.5. The molecule has 0 aliphatic rings. The van der Waals surface area contributed by atoms with Crippen molar-refractivity contribution in [3.8, 4) is 11.5 Å². The summed E-state index contributed by atoms with van der Waals surface area (Å²) in [5.41, 5.74) is 0.864. The summed E-state index contributed by atoms with van der Waals surface area (Å²) in [7, 11) is 0. The molecule has 0 radical (unpaired) electrons. The van der Waals surface area contributed by atoms with Gasteiger partial charge in [-0.1, -0.05) is 36.4 Å². The van der Waals surface area contributed by atoms with E-state index in [9.17, 15) is 14.4 Å². The largest absolute Gasteiger partial charge is 0.423 e. The van der Waals surface area contributed by atoms with E-state index in [1.807, 2.05) is 0 Å². The molecule has 0 N–H and O–H groups in total. The molecule has 28 heavy (non-hydrogen) atoms. The van der Waals surface area contributed by atoms with E-state index >= 15 is 0 Å². The zero-order chi connectivity index (χ0) is 19.9. The van der Waals surface area contributed by atoms with Crippen LogP contribution in [0.4, 0.5) is 0 Å². The van der Waals surface area contributed by atoms with Gasteiger partial charge in [0.15, 0.2) is 5.78 Å². The van der Waals surface area contributed by atoms with Crippen molar-refractivity contribution >= 4 is 29.3 Å². The van der Waals surface area contributed by atoms with E-state index in [1.165, 1.54) is 18.2 Å². The summed E-state index contributed by atoms with van der Waals surface area (Å²) >= 11 is 5.63. The number of carbonyl (C=O) groups excluding carboxylic acids is 3. The Hall–Kier alpha value is -3.44. The van der Waals surface area contributed by atoms with E-state index in [2.05, 4.69) is 0 Å². The standard InChI is InChI=1S/C22H15ClO5/c23-14-20(24)17-11-18(27-21(25)15-7-3-1-4-8-15)13-19(12-17)28-22(26)16-9-5-2-6-10-16/h1-13H,14H2. The summed E-state index contributed by atoms with van der Waals surface area (Å²) in [6, 6.07) is 20.9. The zero-order valence-corrected chi connectivity index (χ0v) is 15.4. The molecule has 0 fully saturated rings. The summed E-state index contributed by atoms with van der Waals surface area (Å²) in [6.45, 7) is 0. The number of benzene rings is 3. The number of hydrogen-bond donors (Lipinski definition) is 0. The van der Waals surface area contributed by atoms with Crippen molar-refractivity contribution in [1.82, 2.24) is 0 Å². The lowest BCUT2D eigenvalue weighted by molar-refractivity contribution is 0.0730. The van der Waals surface area contributed by atoms with Gasteiger partial charge >= 0.3 is 11.9 Å². The first kappa shape index (κ1) is 19.3. The summed E-state index contributed by atoms with van der Waals surface area (Å²) in [6.07, 6.45) is 0. The predicted molar refractivity (Wildman–Crippen MR) is 104 cm³/mol. The normalized spacial score (nSPS) is 10.2. The minimum Gasteiger partial charge on any atom is -0.423 e. The molecule has 0 aliphatic carbocycles. The molecule has 6 heteroatoms. The average Bonchev–Trinajstić information content (AvgIpc) is 2.74. The first-order valence-corrected chi connectivity index (χ1v) is 8.89. The highest BCUT2D eigenvalue weighted by Crippen LogP contribution is 2.25. The van der Waals surface area contributed by atoms with Crippen LogP contribution in [0.15, 0.2) is 78.9 Å². The Labute approximate surface area is 166 Å². The molecule has 140 valence electrons. The van der Waals surface area contributed by atoms with Crippen LogP contribution in [-0.2, 0) is 0 Å². The molecule has 0 amide bonds. The third-order valence-electron chi connectivity index (χ3n) is 3.76. The van der Waals surface area contributed by atoms with Gasteiger partial charge in [-0.2, -0.15) is 0 Å². The number of ether oxygens (including phenoxy) is 2. The van der Waals surface area contributed by atoms with Crippen LogP contribution in [0, 0.1) is 0 Å². The molecule has 0 bridgehead atoms. The van der Waals surface area contributed by atoms with E-state index in [1.54, 1.807) is 60.7 Å². The highest BCUT2D eigenvalue weighted by molar-refractivity contribution is 6.30. The van der Waals surface area contributed by atoms with Gasteiger partial charge in [-0.05, 0) is 36.4 Å². The molecule has 3 aromatic carbocycles. The van der Waals surface area contributed by atoms with E-state index in [-0.39, 0.29) is 22.9 Å². The Bertz CT molecular complexity index is 928. The molecule has 3 rings (SSSR count). The number of ketones is 1. The number of alkyl halides is 1. The Balaban J connectivity index is 1.87. The molecule has 0 aliphatic heterocycles. The second-order valence-electron chi connectivity index (χ2n) is 5.76. The lowest BCUT2D eigenvalue weighted by Crippen LogP contribution is -2.12. The number of halogens is 1. The third-order valence-corrected chi connectivity index (χ3v) is 4.01. The molecule has 0 saturated heterocycles. The fourth-order valence-electron chi connectivity index (χ4n) is 2.41. The summed E-state index contributed by atoms with van der Waals surface area (Å²) < 4.78 is 10.7. The van der Waals surface area contributed by atoms with Crippen LogP contribution in [-0.4, -0.2) is 23.6 Å². The van der Waals surface area contributed by atoms with E-state index in [4.69, 9.17) is 21.1 Å². The van der Waals surface area contributed by atoms with Crippen molar-refractivity contribution in [2.24, 2.45) is 0 Å². The fraction of sp³-hybridized carbons (Fsp3) is 0.0455. The van der Waals surface area contributed by atoms with Crippen LogP contribution >= 0.6 is 11.6 Å². The molecule has 0 unspecified atom stereocenters. The van der Waals surface area contributed by atoms with Crippen LogP contribution in [0.1, 0.15) is 31.1 Å². The third kappa shape index (κ3) is 4.84. The van der Waals surface area contributed by atoms with Crippen molar-refractivity contribution in [3.63, 3.8) is 0 Å². The van der Waals surface area contributed by atoms with Gasteiger partial charge in [-0.3, -0.25) is 4.79 Å². The van der Waals surface area contributed by atoms with Crippen molar-refractivity contribution in [2.45, 2.75) is 0 Å². The van der Waals surface area contributed by atoms with Gasteiger partial charge in [0.2, 0.25) is 0 Å².